The molecule has 4 heteroatoms. The highest BCUT2D eigenvalue weighted by molar-refractivity contribution is 6.15. The molecule has 0 bridgehead atoms. The third kappa shape index (κ3) is 105. The molecule has 0 saturated heterocycles. The molecule has 0 spiro atoms. The lowest BCUT2D eigenvalue weighted by molar-refractivity contribution is 0.339. The van der Waals surface area contributed by atoms with E-state index in [1.807, 2.05) is 0 Å². The van der Waals surface area contributed by atoms with Gasteiger partial charge in [0.25, 0.3) is 0 Å². The van der Waals surface area contributed by atoms with Gasteiger partial charge in [0.15, 0.2) is 0 Å². The van der Waals surface area contributed by atoms with Crippen molar-refractivity contribution >= 4 is 21.0 Å². The Bertz CT molecular complexity index is 32.1. The van der Waals surface area contributed by atoms with Gasteiger partial charge < -0.3 is 8.85 Å². The van der Waals surface area contributed by atoms with Crippen LogP contribution < -0.4 is 0 Å². The number of methoxy groups -OCH3 is 1. The summed E-state index contributed by atoms with van der Waals surface area (Å²) in [6.45, 7) is 3.26. The molecular formula is C3H12O2Si2. The number of rotatable bonds is 1. The van der Waals surface area contributed by atoms with E-state index in [9.17, 15) is 0 Å². The molecule has 0 aliphatic carbocycles. The van der Waals surface area contributed by atoms with Crippen molar-refractivity contribution in [2.75, 3.05) is 7.11 Å². The molecule has 0 aromatic carbocycles. The fourth-order valence-corrected chi connectivity index (χ4v) is 0. The van der Waals surface area contributed by atoms with E-state index in [4.69, 9.17) is 0 Å². The summed E-state index contributed by atoms with van der Waals surface area (Å²) >= 11 is 0. The van der Waals surface area contributed by atoms with E-state index in [1.54, 1.807) is 7.11 Å². The Labute approximate surface area is 50.6 Å². The second kappa shape index (κ2) is 16.8. The first-order valence-corrected chi connectivity index (χ1v) is 3.50. The maximum absolute atomic E-state index is 4.53. The lowest BCUT2D eigenvalue weighted by Crippen LogP contribution is -1.65. The van der Waals surface area contributed by atoms with E-state index >= 15 is 0 Å². The van der Waals surface area contributed by atoms with Crippen LogP contribution in [0.15, 0.2) is 12.8 Å². The average molecular weight is 136 g/mol. The molecule has 0 aromatic rings. The van der Waals surface area contributed by atoms with Gasteiger partial charge in [-0.1, -0.05) is 6.58 Å². The third-order valence-corrected chi connectivity index (χ3v) is 0.167. The Morgan fingerprint density at radius 2 is 1.71 bits per heavy atom. The predicted octanol–water partition coefficient (Wildman–Crippen LogP) is -1.66. The highest BCUT2D eigenvalue weighted by Crippen LogP contribution is 1.52. The van der Waals surface area contributed by atoms with E-state index in [-0.39, 0.29) is 0 Å². The maximum Gasteiger partial charge on any atom is 0.129 e. The Hall–Kier alpha value is -0.0662. The summed E-state index contributed by atoms with van der Waals surface area (Å²) in [5.74, 6) is 0. The normalized spacial score (nSPS) is 6.43. The van der Waals surface area contributed by atoms with E-state index < -0.39 is 0 Å². The zero-order chi connectivity index (χ0) is 6.12. The molecule has 0 heterocycles. The van der Waals surface area contributed by atoms with Gasteiger partial charge in [-0.25, -0.2) is 0 Å². The molecule has 0 amide bonds. The van der Waals surface area contributed by atoms with Crippen molar-refractivity contribution in [2.24, 2.45) is 0 Å². The first kappa shape index (κ1) is 10.0. The molecule has 0 rings (SSSR count). The van der Waals surface area contributed by atoms with Crippen molar-refractivity contribution in [2.45, 2.75) is 0 Å². The molecule has 0 aromatic heterocycles. The van der Waals surface area contributed by atoms with E-state index in [2.05, 4.69) is 15.4 Å². The van der Waals surface area contributed by atoms with E-state index in [1.165, 1.54) is 6.26 Å². The van der Waals surface area contributed by atoms with Gasteiger partial charge in [0.2, 0.25) is 0 Å². The molecule has 0 unspecified atom stereocenters. The molecule has 0 N–H and O–H groups in total. The number of hydrogen-bond acceptors (Lipinski definition) is 2. The van der Waals surface area contributed by atoms with Gasteiger partial charge in [0.05, 0.1) is 13.4 Å². The van der Waals surface area contributed by atoms with E-state index in [0.29, 0.717) is 0 Å². The molecule has 0 saturated carbocycles. The van der Waals surface area contributed by atoms with Crippen molar-refractivity contribution in [3.8, 4) is 0 Å². The summed E-state index contributed by atoms with van der Waals surface area (Å²) in [5, 5.41) is 0. The molecular weight excluding hydrogens is 124 g/mol. The Morgan fingerprint density at radius 1 is 1.57 bits per heavy atom. The molecule has 2 nitrogen and oxygen atoms in total. The minimum absolute atomic E-state index is 0.931. The van der Waals surface area contributed by atoms with Crippen molar-refractivity contribution in [1.29, 1.82) is 0 Å². The van der Waals surface area contributed by atoms with Crippen LogP contribution in [-0.4, -0.2) is 28.1 Å². The maximum atomic E-state index is 4.53. The minimum Gasteiger partial charge on any atom is -0.505 e. The fourth-order valence-electron chi connectivity index (χ4n) is 0. The first-order chi connectivity index (χ1) is 3.33. The van der Waals surface area contributed by atoms with Crippen LogP contribution in [0.25, 0.3) is 0 Å². The summed E-state index contributed by atoms with van der Waals surface area (Å²) in [4.78, 5) is 0. The van der Waals surface area contributed by atoms with Crippen LogP contribution in [0, 0.1) is 0 Å². The van der Waals surface area contributed by atoms with Gasteiger partial charge in [0.1, 0.15) is 21.0 Å². The lowest BCUT2D eigenvalue weighted by atomic mass is 11.2. The summed E-state index contributed by atoms with van der Waals surface area (Å²) in [5.41, 5.74) is 0. The Morgan fingerprint density at radius 3 is 1.71 bits per heavy atom. The Balaban J connectivity index is 0. The summed E-state index contributed by atoms with van der Waals surface area (Å²) in [6.07, 6.45) is 1.38. The first-order valence-electron chi connectivity index (χ1n) is 1.87. The second-order valence-electron chi connectivity index (χ2n) is 0.811. The summed E-state index contributed by atoms with van der Waals surface area (Å²) in [6, 6.07) is 0. The highest BCUT2D eigenvalue weighted by atomic mass is 28.3. The van der Waals surface area contributed by atoms with Gasteiger partial charge in [-0.2, -0.15) is 0 Å². The van der Waals surface area contributed by atoms with Gasteiger partial charge in [-0.3, -0.25) is 0 Å². The van der Waals surface area contributed by atoms with Crippen molar-refractivity contribution in [3.63, 3.8) is 0 Å². The van der Waals surface area contributed by atoms with Crippen LogP contribution >= 0.6 is 0 Å². The third-order valence-electron chi connectivity index (χ3n) is 0.167. The molecule has 0 aliphatic heterocycles. The van der Waals surface area contributed by atoms with Gasteiger partial charge in [-0.15, -0.1) is 0 Å². The SMILES string of the molecule is C=COC.[SiH3]O[SiH3]. The fraction of sp³-hybridized carbons (Fsp3) is 0.333. The molecule has 0 aliphatic rings. The van der Waals surface area contributed by atoms with Crippen LogP contribution in [0.2, 0.25) is 0 Å². The van der Waals surface area contributed by atoms with Crippen molar-refractivity contribution in [1.82, 2.24) is 0 Å². The highest BCUT2D eigenvalue weighted by Gasteiger charge is 1.36. The average Bonchev–Trinajstić information content (AvgIpc) is 1.69. The predicted molar refractivity (Wildman–Crippen MR) is 38.2 cm³/mol. The van der Waals surface area contributed by atoms with Crippen LogP contribution in [0.1, 0.15) is 0 Å². The number of ether oxygens (including phenoxy) is 1. The zero-order valence-corrected chi connectivity index (χ0v) is 9.10. The second-order valence-corrected chi connectivity index (χ2v) is 4.08. The molecule has 0 atom stereocenters. The largest absolute Gasteiger partial charge is 0.505 e. The van der Waals surface area contributed by atoms with Crippen LogP contribution in [0.4, 0.5) is 0 Å². The number of hydrogen-bond donors (Lipinski definition) is 0. The summed E-state index contributed by atoms with van der Waals surface area (Å²) < 4.78 is 8.83. The molecule has 0 fully saturated rings. The zero-order valence-electron chi connectivity index (χ0n) is 5.10. The van der Waals surface area contributed by atoms with Crippen LogP contribution in [0.3, 0.4) is 0 Å². The molecule has 44 valence electrons. The quantitative estimate of drug-likeness (QED) is 0.317. The standard InChI is InChI=1S/C3H6O.H6OSi2/c1-3-4-2;2-1-3/h3H,1H2,2H3;2-3H3. The monoisotopic (exact) mass is 136 g/mol. The Kier molecular flexibility index (Phi) is 24.0. The minimum atomic E-state index is 0.931. The van der Waals surface area contributed by atoms with Crippen LogP contribution in [0.5, 0.6) is 0 Å². The topological polar surface area (TPSA) is 18.5 Å². The summed E-state index contributed by atoms with van der Waals surface area (Å²) in [7, 11) is 3.42. The van der Waals surface area contributed by atoms with E-state index in [0.717, 1.165) is 21.0 Å². The van der Waals surface area contributed by atoms with Gasteiger partial charge in [-0.05, 0) is 0 Å². The van der Waals surface area contributed by atoms with Crippen molar-refractivity contribution in [3.05, 3.63) is 12.8 Å². The van der Waals surface area contributed by atoms with Crippen LogP contribution in [-0.2, 0) is 8.85 Å². The smallest absolute Gasteiger partial charge is 0.129 e. The van der Waals surface area contributed by atoms with Gasteiger partial charge in [0, 0.05) is 0 Å². The lowest BCUT2D eigenvalue weighted by Gasteiger charge is -1.73. The molecule has 7 heavy (non-hydrogen) atoms. The molecule has 0 radical (unpaired) electrons. The van der Waals surface area contributed by atoms with Crippen molar-refractivity contribution < 1.29 is 8.85 Å². The van der Waals surface area contributed by atoms with Gasteiger partial charge >= 0.3 is 0 Å².